The topological polar surface area (TPSA) is 75.4 Å². The van der Waals surface area contributed by atoms with Gasteiger partial charge in [-0.3, -0.25) is 9.59 Å². The number of thioether (sulfide) groups is 1. The first kappa shape index (κ1) is 14.7. The third kappa shape index (κ3) is 3.63. The van der Waals surface area contributed by atoms with Crippen molar-refractivity contribution in [3.63, 3.8) is 0 Å². The summed E-state index contributed by atoms with van der Waals surface area (Å²) in [4.78, 5) is 25.7. The molecule has 6 heteroatoms. The summed E-state index contributed by atoms with van der Waals surface area (Å²) in [5, 5.41) is 2.91. The molecule has 1 saturated heterocycles. The van der Waals surface area contributed by atoms with Crippen LogP contribution < -0.4 is 11.1 Å². The monoisotopic (exact) mass is 285 g/mol. The van der Waals surface area contributed by atoms with Gasteiger partial charge in [0.05, 0.1) is 12.1 Å². The minimum absolute atomic E-state index is 0.0619. The van der Waals surface area contributed by atoms with Gasteiger partial charge in [-0.25, -0.2) is 0 Å². The highest BCUT2D eigenvalue weighted by molar-refractivity contribution is 7.98. The van der Waals surface area contributed by atoms with Gasteiger partial charge in [0.15, 0.2) is 0 Å². The highest BCUT2D eigenvalue weighted by atomic mass is 32.2. The average molecular weight is 285 g/mol. The second kappa shape index (κ2) is 6.13. The lowest BCUT2D eigenvalue weighted by atomic mass is 10.2. The normalized spacial score (nSPS) is 31.4. The Kier molecular flexibility index (Phi) is 4.73. The molecular weight excluding hydrogens is 262 g/mol. The third-order valence-electron chi connectivity index (χ3n) is 3.94. The Morgan fingerprint density at radius 1 is 1.63 bits per heavy atom. The average Bonchev–Trinajstić information content (AvgIpc) is 2.97. The van der Waals surface area contributed by atoms with Crippen LogP contribution >= 0.6 is 11.8 Å². The van der Waals surface area contributed by atoms with Gasteiger partial charge in [0.1, 0.15) is 0 Å². The van der Waals surface area contributed by atoms with Crippen LogP contribution in [0.2, 0.25) is 0 Å². The van der Waals surface area contributed by atoms with Gasteiger partial charge in [0.25, 0.3) is 0 Å². The molecule has 0 bridgehead atoms. The van der Waals surface area contributed by atoms with Crippen LogP contribution in [0.5, 0.6) is 0 Å². The third-order valence-corrected chi connectivity index (χ3v) is 4.59. The number of nitrogens with one attached hydrogen (secondary N) is 1. The molecule has 0 aromatic rings. The fourth-order valence-electron chi connectivity index (χ4n) is 2.57. The lowest BCUT2D eigenvalue weighted by molar-refractivity contribution is -0.128. The van der Waals surface area contributed by atoms with Crippen molar-refractivity contribution in [2.24, 2.45) is 11.7 Å². The number of amides is 2. The maximum Gasteiger partial charge on any atom is 0.237 e. The molecule has 0 spiro atoms. The molecule has 4 atom stereocenters. The Morgan fingerprint density at radius 3 is 2.89 bits per heavy atom. The van der Waals surface area contributed by atoms with Crippen molar-refractivity contribution in [3.8, 4) is 0 Å². The van der Waals surface area contributed by atoms with Crippen molar-refractivity contribution in [1.29, 1.82) is 0 Å². The SMILES string of the molecule is CSCC[C@H](N)C(=O)N[C@@H]1CC(=O)N([C@@H]2C[C@H]2C)C1. The van der Waals surface area contributed by atoms with Crippen molar-refractivity contribution in [2.75, 3.05) is 18.6 Å². The van der Waals surface area contributed by atoms with Crippen molar-refractivity contribution < 1.29 is 9.59 Å². The highest BCUT2D eigenvalue weighted by Crippen LogP contribution is 2.37. The van der Waals surface area contributed by atoms with Crippen molar-refractivity contribution in [3.05, 3.63) is 0 Å². The van der Waals surface area contributed by atoms with E-state index in [1.807, 2.05) is 11.2 Å². The van der Waals surface area contributed by atoms with E-state index in [1.54, 1.807) is 11.8 Å². The largest absolute Gasteiger partial charge is 0.350 e. The van der Waals surface area contributed by atoms with Gasteiger partial charge in [-0.2, -0.15) is 11.8 Å². The van der Waals surface area contributed by atoms with Crippen molar-refractivity contribution in [1.82, 2.24) is 10.2 Å². The van der Waals surface area contributed by atoms with Crippen molar-refractivity contribution >= 4 is 23.6 Å². The minimum Gasteiger partial charge on any atom is -0.350 e. The molecule has 2 fully saturated rings. The van der Waals surface area contributed by atoms with E-state index >= 15 is 0 Å². The predicted octanol–water partition coefficient (Wildman–Crippen LogP) is 0.192. The molecule has 19 heavy (non-hydrogen) atoms. The lowest BCUT2D eigenvalue weighted by Crippen LogP contribution is -2.46. The summed E-state index contributed by atoms with van der Waals surface area (Å²) in [7, 11) is 0. The smallest absolute Gasteiger partial charge is 0.237 e. The number of hydrogen-bond acceptors (Lipinski definition) is 4. The first-order valence-electron chi connectivity index (χ1n) is 6.87. The Bertz CT molecular complexity index is 364. The molecular formula is C13H23N3O2S. The summed E-state index contributed by atoms with van der Waals surface area (Å²) in [6.07, 6.45) is 4.19. The molecule has 2 rings (SSSR count). The number of rotatable bonds is 6. The number of nitrogens with zero attached hydrogens (tertiary/aromatic N) is 1. The number of carbonyl (C=O) groups is 2. The number of nitrogens with two attached hydrogens (primary N) is 1. The van der Waals surface area contributed by atoms with Crippen LogP contribution in [-0.2, 0) is 9.59 Å². The Balaban J connectivity index is 1.77. The fraction of sp³-hybridized carbons (Fsp3) is 0.846. The highest BCUT2D eigenvalue weighted by Gasteiger charge is 2.44. The Hall–Kier alpha value is -0.750. The van der Waals surface area contributed by atoms with Crippen LogP contribution in [0.3, 0.4) is 0 Å². The number of hydrogen-bond donors (Lipinski definition) is 2. The Labute approximate surface area is 118 Å². The molecule has 1 aliphatic heterocycles. The van der Waals surface area contributed by atoms with E-state index in [-0.39, 0.29) is 17.9 Å². The van der Waals surface area contributed by atoms with Crippen LogP contribution in [0.4, 0.5) is 0 Å². The van der Waals surface area contributed by atoms with Crippen molar-refractivity contribution in [2.45, 2.75) is 44.3 Å². The van der Waals surface area contributed by atoms with Gasteiger partial charge in [0.2, 0.25) is 11.8 Å². The molecule has 2 aliphatic rings. The van der Waals surface area contributed by atoms with Gasteiger partial charge in [-0.15, -0.1) is 0 Å². The summed E-state index contributed by atoms with van der Waals surface area (Å²) >= 11 is 1.68. The molecule has 1 saturated carbocycles. The zero-order valence-corrected chi connectivity index (χ0v) is 12.4. The molecule has 5 nitrogen and oxygen atoms in total. The quantitative estimate of drug-likeness (QED) is 0.730. The summed E-state index contributed by atoms with van der Waals surface area (Å²) < 4.78 is 0. The summed E-state index contributed by atoms with van der Waals surface area (Å²) in [5.74, 6) is 1.53. The molecule has 3 N–H and O–H groups in total. The second-order valence-corrected chi connectivity index (χ2v) is 6.61. The van der Waals surface area contributed by atoms with Gasteiger partial charge in [-0.1, -0.05) is 6.92 Å². The first-order valence-corrected chi connectivity index (χ1v) is 8.26. The van der Waals surface area contributed by atoms with E-state index in [9.17, 15) is 9.59 Å². The molecule has 1 aliphatic carbocycles. The summed E-state index contributed by atoms with van der Waals surface area (Å²) in [5.41, 5.74) is 5.82. The van der Waals surface area contributed by atoms with E-state index in [2.05, 4.69) is 12.2 Å². The zero-order chi connectivity index (χ0) is 14.0. The van der Waals surface area contributed by atoms with E-state index in [0.29, 0.717) is 31.3 Å². The van der Waals surface area contributed by atoms with Crippen LogP contribution in [0.1, 0.15) is 26.2 Å². The molecule has 1 heterocycles. The van der Waals surface area contributed by atoms with Gasteiger partial charge in [-0.05, 0) is 30.8 Å². The van der Waals surface area contributed by atoms with Gasteiger partial charge < -0.3 is 16.0 Å². The second-order valence-electron chi connectivity index (χ2n) is 5.62. The molecule has 0 aromatic carbocycles. The number of carbonyl (C=O) groups excluding carboxylic acids is 2. The van der Waals surface area contributed by atoms with Crippen LogP contribution in [-0.4, -0.2) is 53.4 Å². The van der Waals surface area contributed by atoms with E-state index in [1.165, 1.54) is 0 Å². The lowest BCUT2D eigenvalue weighted by Gasteiger charge is -2.18. The summed E-state index contributed by atoms with van der Waals surface area (Å²) in [6.45, 7) is 2.80. The van der Waals surface area contributed by atoms with Gasteiger partial charge >= 0.3 is 0 Å². The number of likely N-dealkylation sites (tertiary alicyclic amines) is 1. The van der Waals surface area contributed by atoms with E-state index in [4.69, 9.17) is 5.73 Å². The van der Waals surface area contributed by atoms with Crippen LogP contribution in [0.15, 0.2) is 0 Å². The van der Waals surface area contributed by atoms with E-state index < -0.39 is 6.04 Å². The molecule has 108 valence electrons. The minimum atomic E-state index is -0.462. The predicted molar refractivity (Wildman–Crippen MR) is 76.8 cm³/mol. The molecule has 2 amide bonds. The van der Waals surface area contributed by atoms with Gasteiger partial charge in [0, 0.05) is 19.0 Å². The fourth-order valence-corrected chi connectivity index (χ4v) is 3.06. The molecule has 0 aromatic heterocycles. The molecule has 0 unspecified atom stereocenters. The maximum atomic E-state index is 11.9. The zero-order valence-electron chi connectivity index (χ0n) is 11.6. The summed E-state index contributed by atoms with van der Waals surface area (Å²) in [6, 6.07) is -0.121. The standard InChI is InChI=1S/C13H23N3O2S/c1-8-5-11(8)16-7-9(6-12(16)17)15-13(18)10(14)3-4-19-2/h8-11H,3-7,14H2,1-2H3,(H,15,18)/t8-,9-,10+,11-/m1/s1. The molecule has 0 radical (unpaired) electrons. The maximum absolute atomic E-state index is 11.9. The van der Waals surface area contributed by atoms with Crippen LogP contribution in [0.25, 0.3) is 0 Å². The Morgan fingerprint density at radius 2 is 2.32 bits per heavy atom. The van der Waals surface area contributed by atoms with Crippen LogP contribution in [0, 0.1) is 5.92 Å². The first-order chi connectivity index (χ1) is 9.02. The van der Waals surface area contributed by atoms with E-state index in [0.717, 1.165) is 12.2 Å².